The van der Waals surface area contributed by atoms with Crippen LogP contribution in [-0.2, 0) is 34.0 Å². The van der Waals surface area contributed by atoms with Crippen LogP contribution < -0.4 is 16.2 Å². The van der Waals surface area contributed by atoms with Crippen LogP contribution in [-0.4, -0.2) is 42.7 Å². The van der Waals surface area contributed by atoms with Crippen LogP contribution in [0.5, 0.6) is 0 Å². The molecule has 1 unspecified atom stereocenters. The molecule has 1 saturated heterocycles. The highest BCUT2D eigenvalue weighted by Gasteiger charge is 2.49. The van der Waals surface area contributed by atoms with Gasteiger partial charge in [-0.3, -0.25) is 9.59 Å². The van der Waals surface area contributed by atoms with Gasteiger partial charge in [0.1, 0.15) is 6.04 Å². The van der Waals surface area contributed by atoms with Crippen LogP contribution >= 0.6 is 0 Å². The van der Waals surface area contributed by atoms with Gasteiger partial charge in [0.05, 0.1) is 23.8 Å². The molecule has 7 nitrogen and oxygen atoms in total. The lowest BCUT2D eigenvalue weighted by atomic mass is 9.85. The maximum absolute atomic E-state index is 14.7. The molecule has 6 rings (SSSR count). The Hall–Kier alpha value is -4.18. The van der Waals surface area contributed by atoms with E-state index < -0.39 is 40.3 Å². The third-order valence-corrected chi connectivity index (χ3v) is 9.54. The Bertz CT molecular complexity index is 1840. The summed E-state index contributed by atoms with van der Waals surface area (Å²) in [5.41, 5.74) is -1.85. The van der Waals surface area contributed by atoms with Crippen LogP contribution in [0.25, 0.3) is 32.8 Å². The maximum atomic E-state index is 14.7. The van der Waals surface area contributed by atoms with Gasteiger partial charge in [0.15, 0.2) is 0 Å². The molecule has 0 bridgehead atoms. The molecule has 10 heteroatoms. The number of halogens is 3. The number of aryl methyl sites for hydroxylation is 1. The number of esters is 1. The number of rotatable bonds is 6. The van der Waals surface area contributed by atoms with Crippen molar-refractivity contribution in [3.05, 3.63) is 82.1 Å². The van der Waals surface area contributed by atoms with Crippen molar-refractivity contribution in [2.45, 2.75) is 38.4 Å². The molecule has 2 heterocycles. The Balaban J connectivity index is 1.42. The standard InChI is InChI=1S/C34H34F3N3O4/c1-33(15-20-17-38-18-21(20)16-33)32(43)39-26(31(42)44-3)14-19-8-6-11-23-22(19)10-7-12-24(23)28-29(34(35,36)37)25-9-4-5-13-27(25)40(2)30(28)41/h4-13,20-21,26,38H,14-18H2,1-3H3,(H,39,43)/t20-,21+,26-,33?/m0/s1. The Kier molecular flexibility index (Phi) is 7.52. The largest absolute Gasteiger partial charge is 0.467 e. The Labute approximate surface area is 252 Å². The number of alkyl halides is 3. The van der Waals surface area contributed by atoms with Crippen LogP contribution in [0.2, 0.25) is 0 Å². The van der Waals surface area contributed by atoms with E-state index in [1.54, 1.807) is 36.4 Å². The first-order valence-electron chi connectivity index (χ1n) is 14.7. The van der Waals surface area contributed by atoms with Crippen LogP contribution in [0.1, 0.15) is 30.9 Å². The summed E-state index contributed by atoms with van der Waals surface area (Å²) in [6, 6.07) is 15.0. The maximum Gasteiger partial charge on any atom is 0.417 e. The van der Waals surface area contributed by atoms with Gasteiger partial charge in [-0.15, -0.1) is 0 Å². The molecule has 2 aliphatic rings. The van der Waals surface area contributed by atoms with E-state index in [0.29, 0.717) is 28.2 Å². The lowest BCUT2D eigenvalue weighted by Gasteiger charge is -2.27. The molecule has 4 aromatic rings. The predicted octanol–water partition coefficient (Wildman–Crippen LogP) is 5.21. The lowest BCUT2D eigenvalue weighted by Crippen LogP contribution is -2.48. The van der Waals surface area contributed by atoms with Crippen LogP contribution in [0.15, 0.2) is 65.5 Å². The van der Waals surface area contributed by atoms with Gasteiger partial charge in [-0.1, -0.05) is 61.5 Å². The number of amides is 1. The second-order valence-corrected chi connectivity index (χ2v) is 12.3. The molecule has 2 fully saturated rings. The third kappa shape index (κ3) is 5.04. The smallest absolute Gasteiger partial charge is 0.417 e. The van der Waals surface area contributed by atoms with E-state index in [4.69, 9.17) is 4.74 Å². The summed E-state index contributed by atoms with van der Waals surface area (Å²) in [7, 11) is 2.72. The molecule has 0 radical (unpaired) electrons. The second-order valence-electron chi connectivity index (χ2n) is 12.3. The quantitative estimate of drug-likeness (QED) is 0.295. The zero-order chi connectivity index (χ0) is 31.4. The molecule has 3 aromatic carbocycles. The molecule has 1 aliphatic heterocycles. The number of para-hydroxylation sites is 1. The Morgan fingerprint density at radius 1 is 1.00 bits per heavy atom. The number of carbonyl (C=O) groups excluding carboxylic acids is 2. The van der Waals surface area contributed by atoms with Gasteiger partial charge in [-0.2, -0.15) is 13.2 Å². The first-order chi connectivity index (χ1) is 20.9. The highest BCUT2D eigenvalue weighted by atomic mass is 19.4. The van der Waals surface area contributed by atoms with Gasteiger partial charge in [0.25, 0.3) is 5.56 Å². The van der Waals surface area contributed by atoms with E-state index in [-0.39, 0.29) is 28.8 Å². The minimum absolute atomic E-state index is 0.0611. The SMILES string of the molecule is COC(=O)[C@H](Cc1cccc2c(-c3c(C(F)(F)F)c4ccccc4n(C)c3=O)cccc12)NC(=O)C1(C)C[C@H]2CNC[C@H]2C1. The number of ether oxygens (including phenoxy) is 1. The molecule has 2 N–H and O–H groups in total. The summed E-state index contributed by atoms with van der Waals surface area (Å²) in [5.74, 6) is 0.0156. The predicted molar refractivity (Wildman–Crippen MR) is 162 cm³/mol. The topological polar surface area (TPSA) is 89.4 Å². The molecule has 0 spiro atoms. The van der Waals surface area contributed by atoms with E-state index in [2.05, 4.69) is 10.6 Å². The Morgan fingerprint density at radius 2 is 1.64 bits per heavy atom. The summed E-state index contributed by atoms with van der Waals surface area (Å²) in [6.07, 6.45) is -3.28. The number of hydrogen-bond acceptors (Lipinski definition) is 5. The first kappa shape index (κ1) is 29.9. The van der Waals surface area contributed by atoms with Gasteiger partial charge in [-0.05, 0) is 65.7 Å². The van der Waals surface area contributed by atoms with Crippen LogP contribution in [0, 0.1) is 17.3 Å². The van der Waals surface area contributed by atoms with Crippen molar-refractivity contribution in [3.8, 4) is 11.1 Å². The van der Waals surface area contributed by atoms with Crippen molar-refractivity contribution in [1.82, 2.24) is 15.2 Å². The summed E-state index contributed by atoms with van der Waals surface area (Å²) in [4.78, 5) is 40.1. The van der Waals surface area contributed by atoms with Gasteiger partial charge >= 0.3 is 12.1 Å². The fraction of sp³-hybridized carbons (Fsp3) is 0.382. The average Bonchev–Trinajstić information content (AvgIpc) is 3.56. The summed E-state index contributed by atoms with van der Waals surface area (Å²) >= 11 is 0. The average molecular weight is 606 g/mol. The molecule has 230 valence electrons. The number of fused-ring (bicyclic) bond motifs is 3. The molecule has 1 amide bonds. The number of aromatic nitrogens is 1. The summed E-state index contributed by atoms with van der Waals surface area (Å²) in [6.45, 7) is 3.69. The summed E-state index contributed by atoms with van der Waals surface area (Å²) < 4.78 is 50.3. The van der Waals surface area contributed by atoms with Gasteiger partial charge in [0, 0.05) is 24.3 Å². The van der Waals surface area contributed by atoms with E-state index in [9.17, 15) is 27.6 Å². The fourth-order valence-electron chi connectivity index (χ4n) is 7.39. The van der Waals surface area contributed by atoms with E-state index in [1.165, 1.54) is 43.0 Å². The van der Waals surface area contributed by atoms with E-state index in [0.717, 1.165) is 25.9 Å². The number of hydrogen-bond donors (Lipinski definition) is 2. The van der Waals surface area contributed by atoms with Gasteiger partial charge in [0.2, 0.25) is 5.91 Å². The third-order valence-electron chi connectivity index (χ3n) is 9.54. The zero-order valence-electron chi connectivity index (χ0n) is 24.8. The molecular weight excluding hydrogens is 571 g/mol. The Morgan fingerprint density at radius 3 is 2.32 bits per heavy atom. The van der Waals surface area contributed by atoms with Crippen molar-refractivity contribution in [2.75, 3.05) is 20.2 Å². The zero-order valence-corrected chi connectivity index (χ0v) is 24.8. The van der Waals surface area contributed by atoms with E-state index >= 15 is 0 Å². The molecule has 1 aromatic heterocycles. The van der Waals surface area contributed by atoms with Crippen molar-refractivity contribution in [3.63, 3.8) is 0 Å². The molecule has 1 aliphatic carbocycles. The first-order valence-corrected chi connectivity index (χ1v) is 14.7. The lowest BCUT2D eigenvalue weighted by molar-refractivity contribution is -0.146. The van der Waals surface area contributed by atoms with Crippen molar-refractivity contribution in [2.24, 2.45) is 24.3 Å². The normalized spacial score (nSPS) is 22.2. The fourth-order valence-corrected chi connectivity index (χ4v) is 7.39. The number of nitrogens with one attached hydrogen (secondary N) is 2. The number of pyridine rings is 1. The van der Waals surface area contributed by atoms with Crippen molar-refractivity contribution in [1.29, 1.82) is 0 Å². The number of carbonyl (C=O) groups is 2. The van der Waals surface area contributed by atoms with Gasteiger partial charge in [-0.25, -0.2) is 4.79 Å². The monoisotopic (exact) mass is 605 g/mol. The molecule has 4 atom stereocenters. The minimum Gasteiger partial charge on any atom is -0.467 e. The summed E-state index contributed by atoms with van der Waals surface area (Å²) in [5, 5.41) is 7.24. The van der Waals surface area contributed by atoms with Crippen LogP contribution in [0.4, 0.5) is 13.2 Å². The second kappa shape index (κ2) is 11.1. The van der Waals surface area contributed by atoms with Crippen molar-refractivity contribution < 1.29 is 27.5 Å². The number of benzene rings is 3. The highest BCUT2D eigenvalue weighted by Crippen LogP contribution is 2.47. The molecule has 44 heavy (non-hydrogen) atoms. The van der Waals surface area contributed by atoms with E-state index in [1.807, 2.05) is 6.92 Å². The highest BCUT2D eigenvalue weighted by molar-refractivity contribution is 6.02. The van der Waals surface area contributed by atoms with Gasteiger partial charge < -0.3 is 19.9 Å². The minimum atomic E-state index is -4.80. The number of methoxy groups -OCH3 is 1. The van der Waals surface area contributed by atoms with Crippen LogP contribution in [0.3, 0.4) is 0 Å². The number of nitrogens with zero attached hydrogens (tertiary/aromatic N) is 1. The van der Waals surface area contributed by atoms with Crippen molar-refractivity contribution >= 4 is 33.6 Å². The molecule has 1 saturated carbocycles. The molecular formula is C34H34F3N3O4.